The Morgan fingerprint density at radius 2 is 1.74 bits per heavy atom. The number of alkyl halides is 3. The van der Waals surface area contributed by atoms with Crippen molar-refractivity contribution in [1.29, 1.82) is 5.26 Å². The fraction of sp³-hybridized carbons (Fsp3) is 0.107. The van der Waals surface area contributed by atoms with Crippen molar-refractivity contribution in [3.8, 4) is 17.6 Å². The minimum Gasteiger partial charge on any atom is -0.507 e. The van der Waals surface area contributed by atoms with Crippen molar-refractivity contribution in [3.63, 3.8) is 0 Å². The molecule has 0 saturated carbocycles. The molecule has 0 aliphatic heterocycles. The van der Waals surface area contributed by atoms with Crippen molar-refractivity contribution in [3.05, 3.63) is 107 Å². The first-order valence-corrected chi connectivity index (χ1v) is 11.2. The molecule has 0 heterocycles. The van der Waals surface area contributed by atoms with Crippen LogP contribution in [0.3, 0.4) is 0 Å². The Bertz CT molecular complexity index is 1530. The third-order valence-electron chi connectivity index (χ3n) is 5.48. The summed E-state index contributed by atoms with van der Waals surface area (Å²) in [5, 5.41) is 24.4. The topological polar surface area (TPSA) is 104 Å². The number of fused-ring (bicyclic) bond motifs is 1. The molecular formula is C28H20F3N3O4. The van der Waals surface area contributed by atoms with Gasteiger partial charge in [-0.25, -0.2) is 5.43 Å². The van der Waals surface area contributed by atoms with Crippen LogP contribution in [-0.4, -0.2) is 23.6 Å². The largest absolute Gasteiger partial charge is 0.573 e. The molecule has 2 N–H and O–H groups in total. The van der Waals surface area contributed by atoms with E-state index in [0.29, 0.717) is 5.56 Å². The molecule has 0 fully saturated rings. The van der Waals surface area contributed by atoms with E-state index in [2.05, 4.69) is 15.3 Å². The third-order valence-corrected chi connectivity index (χ3v) is 5.48. The van der Waals surface area contributed by atoms with Gasteiger partial charge in [-0.15, -0.1) is 13.2 Å². The van der Waals surface area contributed by atoms with E-state index in [0.717, 1.165) is 21.9 Å². The number of nitriles is 1. The summed E-state index contributed by atoms with van der Waals surface area (Å²) in [6, 6.07) is 22.5. The molecule has 0 saturated heterocycles. The molecule has 0 unspecified atom stereocenters. The minimum atomic E-state index is -4.74. The molecule has 4 aromatic rings. The monoisotopic (exact) mass is 519 g/mol. The van der Waals surface area contributed by atoms with Gasteiger partial charge in [0.1, 0.15) is 17.6 Å². The van der Waals surface area contributed by atoms with Gasteiger partial charge in [-0.2, -0.15) is 10.4 Å². The highest BCUT2D eigenvalue weighted by Crippen LogP contribution is 2.25. The number of halogens is 3. The number of hydrogen-bond acceptors (Lipinski definition) is 6. The molecule has 4 aromatic carbocycles. The number of nitrogens with one attached hydrogen (secondary N) is 1. The summed E-state index contributed by atoms with van der Waals surface area (Å²) in [6.07, 6.45) is -3.24. The number of benzene rings is 4. The minimum absolute atomic E-state index is 0.0158. The zero-order chi connectivity index (χ0) is 27.1. The molecule has 0 aliphatic rings. The van der Waals surface area contributed by atoms with Gasteiger partial charge in [0.05, 0.1) is 25.0 Å². The average molecular weight is 519 g/mol. The lowest BCUT2D eigenvalue weighted by atomic mass is 10.0. The van der Waals surface area contributed by atoms with Gasteiger partial charge < -0.3 is 14.6 Å². The van der Waals surface area contributed by atoms with Crippen molar-refractivity contribution in [2.75, 3.05) is 0 Å². The van der Waals surface area contributed by atoms with Crippen LogP contribution >= 0.6 is 0 Å². The van der Waals surface area contributed by atoms with E-state index in [1.54, 1.807) is 0 Å². The van der Waals surface area contributed by atoms with Crippen LogP contribution < -0.4 is 10.2 Å². The van der Waals surface area contributed by atoms with Crippen molar-refractivity contribution < 1.29 is 32.5 Å². The second-order valence-corrected chi connectivity index (χ2v) is 8.09. The Morgan fingerprint density at radius 3 is 2.47 bits per heavy atom. The molecule has 0 aromatic heterocycles. The number of phenolic OH excluding ortho intramolecular Hbond substituents is 1. The number of nitrogens with zero attached hydrogens (tertiary/aromatic N) is 2. The van der Waals surface area contributed by atoms with Crippen molar-refractivity contribution in [1.82, 2.24) is 5.43 Å². The Balaban J connectivity index is 1.41. The van der Waals surface area contributed by atoms with Crippen LogP contribution in [0.25, 0.3) is 10.8 Å². The van der Waals surface area contributed by atoms with Gasteiger partial charge in [0.15, 0.2) is 0 Å². The summed E-state index contributed by atoms with van der Waals surface area (Å²) >= 11 is 0. The zero-order valence-corrected chi connectivity index (χ0v) is 19.7. The van der Waals surface area contributed by atoms with Crippen LogP contribution in [0.1, 0.15) is 32.6 Å². The second kappa shape index (κ2) is 11.5. The highest BCUT2D eigenvalue weighted by molar-refractivity contribution is 6.02. The molecule has 4 rings (SSSR count). The predicted molar refractivity (Wildman–Crippen MR) is 133 cm³/mol. The number of carbonyl (C=O) groups excluding carboxylic acids is 1. The van der Waals surface area contributed by atoms with E-state index in [1.807, 2.05) is 42.5 Å². The summed E-state index contributed by atoms with van der Waals surface area (Å²) in [7, 11) is 0. The van der Waals surface area contributed by atoms with E-state index in [1.165, 1.54) is 48.7 Å². The van der Waals surface area contributed by atoms with Gasteiger partial charge in [0.2, 0.25) is 0 Å². The first kappa shape index (κ1) is 26.2. The SMILES string of the molecule is N#Cc1cc(C(=O)N/N=C/c2cccc3c(COCc4ccc(OC(F)(F)F)cc4)cccc23)ccc1O. The standard InChI is InChI=1S/C28H20F3N3O4/c29-28(30,31)38-23-10-7-18(8-11-23)16-37-17-21-4-2-5-24-20(3-1-6-25(21)24)15-33-34-27(36)19-9-12-26(35)22(13-19)14-32/h1-13,15,35H,16-17H2,(H,34,36)/b33-15+. The van der Waals surface area contributed by atoms with Crippen LogP contribution in [0.15, 0.2) is 84.0 Å². The molecule has 0 radical (unpaired) electrons. The number of hydrogen-bond donors (Lipinski definition) is 2. The van der Waals surface area contributed by atoms with Crippen molar-refractivity contribution >= 4 is 22.9 Å². The zero-order valence-electron chi connectivity index (χ0n) is 19.7. The van der Waals surface area contributed by atoms with Gasteiger partial charge in [0, 0.05) is 11.1 Å². The number of hydrazone groups is 1. The maximum absolute atomic E-state index is 12.4. The van der Waals surface area contributed by atoms with Gasteiger partial charge in [-0.05, 0) is 52.2 Å². The first-order valence-electron chi connectivity index (χ1n) is 11.2. The maximum Gasteiger partial charge on any atom is 0.573 e. The van der Waals surface area contributed by atoms with Gasteiger partial charge in [-0.1, -0.05) is 48.5 Å². The normalized spacial score (nSPS) is 11.4. The van der Waals surface area contributed by atoms with E-state index < -0.39 is 12.3 Å². The maximum atomic E-state index is 12.4. The van der Waals surface area contributed by atoms with E-state index >= 15 is 0 Å². The number of rotatable bonds is 8. The lowest BCUT2D eigenvalue weighted by molar-refractivity contribution is -0.274. The van der Waals surface area contributed by atoms with Gasteiger partial charge in [-0.3, -0.25) is 4.79 Å². The first-order chi connectivity index (χ1) is 18.2. The number of amides is 1. The molecule has 0 atom stereocenters. The van der Waals surface area contributed by atoms with E-state index in [9.17, 15) is 23.1 Å². The van der Waals surface area contributed by atoms with Crippen LogP contribution in [0.4, 0.5) is 13.2 Å². The van der Waals surface area contributed by atoms with Crippen molar-refractivity contribution in [2.24, 2.45) is 5.10 Å². The van der Waals surface area contributed by atoms with Crippen LogP contribution in [0, 0.1) is 11.3 Å². The third kappa shape index (κ3) is 6.66. The van der Waals surface area contributed by atoms with Crippen molar-refractivity contribution in [2.45, 2.75) is 19.6 Å². The van der Waals surface area contributed by atoms with Gasteiger partial charge >= 0.3 is 6.36 Å². The van der Waals surface area contributed by atoms with Gasteiger partial charge in [0.25, 0.3) is 5.91 Å². The predicted octanol–water partition coefficient (Wildman–Crippen LogP) is 5.80. The Labute approximate surface area is 215 Å². The van der Waals surface area contributed by atoms with Crippen LogP contribution in [0.5, 0.6) is 11.5 Å². The van der Waals surface area contributed by atoms with E-state index in [4.69, 9.17) is 10.00 Å². The fourth-order valence-corrected chi connectivity index (χ4v) is 3.70. The summed E-state index contributed by atoms with van der Waals surface area (Å²) in [4.78, 5) is 12.4. The molecule has 7 nitrogen and oxygen atoms in total. The Kier molecular flexibility index (Phi) is 7.89. The van der Waals surface area contributed by atoms with E-state index in [-0.39, 0.29) is 35.8 Å². The summed E-state index contributed by atoms with van der Waals surface area (Å²) in [6.45, 7) is 0.457. The molecule has 1 amide bonds. The number of aromatic hydroxyl groups is 1. The lowest BCUT2D eigenvalue weighted by Crippen LogP contribution is -2.17. The summed E-state index contributed by atoms with van der Waals surface area (Å²) in [5.41, 5.74) is 4.90. The molecule has 0 spiro atoms. The van der Waals surface area contributed by atoms with Crippen LogP contribution in [-0.2, 0) is 18.0 Å². The smallest absolute Gasteiger partial charge is 0.507 e. The number of phenols is 1. The number of ether oxygens (including phenoxy) is 2. The van der Waals surface area contributed by atoms with Crippen LogP contribution in [0.2, 0.25) is 0 Å². The highest BCUT2D eigenvalue weighted by Gasteiger charge is 2.30. The molecule has 38 heavy (non-hydrogen) atoms. The molecular weight excluding hydrogens is 499 g/mol. The molecule has 192 valence electrons. The Morgan fingerprint density at radius 1 is 1.00 bits per heavy atom. The summed E-state index contributed by atoms with van der Waals surface area (Å²) < 4.78 is 46.6. The Hall–Kier alpha value is -4.88. The fourth-order valence-electron chi connectivity index (χ4n) is 3.70. The lowest BCUT2D eigenvalue weighted by Gasteiger charge is -2.11. The summed E-state index contributed by atoms with van der Waals surface area (Å²) in [5.74, 6) is -1.04. The molecule has 0 bridgehead atoms. The number of carbonyl (C=O) groups is 1. The second-order valence-electron chi connectivity index (χ2n) is 8.09. The average Bonchev–Trinajstić information content (AvgIpc) is 2.89. The highest BCUT2D eigenvalue weighted by atomic mass is 19.4. The molecule has 0 aliphatic carbocycles. The quantitative estimate of drug-likeness (QED) is 0.226. The molecule has 10 heteroatoms.